The van der Waals surface area contributed by atoms with Gasteiger partial charge in [0.05, 0.1) is 17.4 Å². The highest BCUT2D eigenvalue weighted by Gasteiger charge is 2.28. The van der Waals surface area contributed by atoms with Gasteiger partial charge in [0.1, 0.15) is 0 Å². The van der Waals surface area contributed by atoms with Gasteiger partial charge >= 0.3 is 0 Å². The van der Waals surface area contributed by atoms with Gasteiger partial charge in [0, 0.05) is 31.1 Å². The first-order chi connectivity index (χ1) is 13.0. The van der Waals surface area contributed by atoms with Crippen molar-refractivity contribution in [1.82, 2.24) is 15.1 Å². The molecule has 1 amide bonds. The molecule has 0 bridgehead atoms. The molecule has 1 aliphatic rings. The lowest BCUT2D eigenvalue weighted by Crippen LogP contribution is -2.21. The van der Waals surface area contributed by atoms with Gasteiger partial charge in [-0.15, -0.1) is 0 Å². The highest BCUT2D eigenvalue weighted by Crippen LogP contribution is 2.35. The topological polar surface area (TPSA) is 58.1 Å². The molecular formula is C22H24N4O. The minimum absolute atomic E-state index is 0.00187. The van der Waals surface area contributed by atoms with Crippen molar-refractivity contribution in [2.24, 2.45) is 5.92 Å². The van der Waals surface area contributed by atoms with E-state index in [2.05, 4.69) is 34.6 Å². The van der Waals surface area contributed by atoms with Crippen LogP contribution in [0.1, 0.15) is 30.1 Å². The van der Waals surface area contributed by atoms with Crippen molar-refractivity contribution in [1.29, 1.82) is 0 Å². The zero-order chi connectivity index (χ0) is 19.0. The lowest BCUT2D eigenvalue weighted by molar-refractivity contribution is 0.0827. The highest BCUT2D eigenvalue weighted by atomic mass is 16.2. The van der Waals surface area contributed by atoms with E-state index in [1.165, 1.54) is 12.8 Å². The SMILES string of the molecule is CC(Nc1cnnc2cc(-c3cccc(C(=O)N(C)C)c3)ccc12)C1CC1. The van der Waals surface area contributed by atoms with Crippen LogP contribution in [0.4, 0.5) is 5.69 Å². The molecule has 5 heteroatoms. The largest absolute Gasteiger partial charge is 0.380 e. The quantitative estimate of drug-likeness (QED) is 0.740. The number of fused-ring (bicyclic) bond motifs is 1. The van der Waals surface area contributed by atoms with E-state index in [0.29, 0.717) is 11.6 Å². The second-order valence-electron chi connectivity index (χ2n) is 7.54. The van der Waals surface area contributed by atoms with Crippen LogP contribution in [0.3, 0.4) is 0 Å². The molecule has 2 aromatic carbocycles. The number of hydrogen-bond donors (Lipinski definition) is 1. The van der Waals surface area contributed by atoms with Crippen LogP contribution in [0.15, 0.2) is 48.7 Å². The number of anilines is 1. The molecule has 1 aromatic heterocycles. The molecular weight excluding hydrogens is 336 g/mol. The normalized spacial score (nSPS) is 14.8. The van der Waals surface area contributed by atoms with Crippen molar-refractivity contribution in [3.8, 4) is 11.1 Å². The van der Waals surface area contributed by atoms with Crippen LogP contribution in [-0.2, 0) is 0 Å². The van der Waals surface area contributed by atoms with E-state index in [1.54, 1.807) is 25.2 Å². The zero-order valence-electron chi connectivity index (χ0n) is 15.9. The Balaban J connectivity index is 1.68. The van der Waals surface area contributed by atoms with Crippen LogP contribution in [-0.4, -0.2) is 41.1 Å². The van der Waals surface area contributed by atoms with Crippen molar-refractivity contribution in [3.63, 3.8) is 0 Å². The van der Waals surface area contributed by atoms with Crippen LogP contribution < -0.4 is 5.32 Å². The molecule has 1 heterocycles. The second kappa shape index (κ2) is 6.99. The van der Waals surface area contributed by atoms with Crippen molar-refractivity contribution >= 4 is 22.5 Å². The maximum absolute atomic E-state index is 12.2. The summed E-state index contributed by atoms with van der Waals surface area (Å²) in [7, 11) is 3.52. The predicted molar refractivity (Wildman–Crippen MR) is 109 cm³/mol. The first-order valence-corrected chi connectivity index (χ1v) is 9.37. The monoisotopic (exact) mass is 360 g/mol. The Bertz CT molecular complexity index is 995. The second-order valence-corrected chi connectivity index (χ2v) is 7.54. The molecule has 1 aliphatic carbocycles. The Hall–Kier alpha value is -2.95. The van der Waals surface area contributed by atoms with Crippen molar-refractivity contribution in [2.45, 2.75) is 25.8 Å². The van der Waals surface area contributed by atoms with Crippen LogP contribution in [0.25, 0.3) is 22.0 Å². The summed E-state index contributed by atoms with van der Waals surface area (Å²) < 4.78 is 0. The van der Waals surface area contributed by atoms with E-state index in [9.17, 15) is 4.79 Å². The van der Waals surface area contributed by atoms with Crippen LogP contribution >= 0.6 is 0 Å². The zero-order valence-corrected chi connectivity index (χ0v) is 15.9. The van der Waals surface area contributed by atoms with Gasteiger partial charge in [-0.25, -0.2) is 0 Å². The summed E-state index contributed by atoms with van der Waals surface area (Å²) in [6, 6.07) is 14.3. The van der Waals surface area contributed by atoms with Gasteiger partial charge in [-0.1, -0.05) is 18.2 Å². The number of hydrogen-bond acceptors (Lipinski definition) is 4. The summed E-state index contributed by atoms with van der Waals surface area (Å²) in [4.78, 5) is 13.8. The van der Waals surface area contributed by atoms with E-state index >= 15 is 0 Å². The molecule has 138 valence electrons. The third kappa shape index (κ3) is 3.63. The number of aromatic nitrogens is 2. The van der Waals surface area contributed by atoms with E-state index in [1.807, 2.05) is 30.3 Å². The van der Waals surface area contributed by atoms with Gasteiger partial charge in [0.25, 0.3) is 5.91 Å². The molecule has 4 rings (SSSR count). The van der Waals surface area contributed by atoms with E-state index < -0.39 is 0 Å². The van der Waals surface area contributed by atoms with Crippen LogP contribution in [0.5, 0.6) is 0 Å². The molecule has 1 N–H and O–H groups in total. The first kappa shape index (κ1) is 17.5. The molecule has 3 aromatic rings. The summed E-state index contributed by atoms with van der Waals surface area (Å²) in [5.74, 6) is 0.766. The molecule has 0 aliphatic heterocycles. The fourth-order valence-electron chi connectivity index (χ4n) is 3.40. The average molecular weight is 360 g/mol. The predicted octanol–water partition coefficient (Wildman–Crippen LogP) is 4.21. The van der Waals surface area contributed by atoms with E-state index in [0.717, 1.165) is 33.6 Å². The molecule has 1 atom stereocenters. The molecule has 27 heavy (non-hydrogen) atoms. The minimum atomic E-state index is -0.00187. The maximum atomic E-state index is 12.2. The number of carbonyl (C=O) groups excluding carboxylic acids is 1. The number of rotatable bonds is 5. The molecule has 1 saturated carbocycles. The lowest BCUT2D eigenvalue weighted by Gasteiger charge is -2.16. The summed E-state index contributed by atoms with van der Waals surface area (Å²) in [6.45, 7) is 2.23. The van der Waals surface area contributed by atoms with Gasteiger partial charge in [0.2, 0.25) is 0 Å². The van der Waals surface area contributed by atoms with Gasteiger partial charge in [-0.2, -0.15) is 10.2 Å². The summed E-state index contributed by atoms with van der Waals surface area (Å²) in [6.07, 6.45) is 4.41. The van der Waals surface area contributed by atoms with Gasteiger partial charge in [0.15, 0.2) is 0 Å². The van der Waals surface area contributed by atoms with Crippen molar-refractivity contribution < 1.29 is 4.79 Å². The Labute approximate surface area is 159 Å². The number of nitrogens with zero attached hydrogens (tertiary/aromatic N) is 3. The smallest absolute Gasteiger partial charge is 0.253 e. The Kier molecular flexibility index (Phi) is 4.52. The van der Waals surface area contributed by atoms with Gasteiger partial charge < -0.3 is 10.2 Å². The number of carbonyl (C=O) groups is 1. The number of amides is 1. The van der Waals surface area contributed by atoms with Gasteiger partial charge in [-0.05, 0) is 61.1 Å². The first-order valence-electron chi connectivity index (χ1n) is 9.37. The van der Waals surface area contributed by atoms with Crippen LogP contribution in [0.2, 0.25) is 0 Å². The summed E-state index contributed by atoms with van der Waals surface area (Å²) in [5.41, 5.74) is 4.58. The standard InChI is InChI=1S/C22H24N4O/c1-14(15-7-8-15)24-21-13-23-25-20-12-17(9-10-19(20)21)16-5-4-6-18(11-16)22(27)26(2)3/h4-6,9-15H,7-8H2,1-3H3,(H,24,25). The Morgan fingerprint density at radius 3 is 2.67 bits per heavy atom. The molecule has 1 fully saturated rings. The fourth-order valence-corrected chi connectivity index (χ4v) is 3.40. The van der Waals surface area contributed by atoms with E-state index in [-0.39, 0.29) is 5.91 Å². The van der Waals surface area contributed by atoms with Crippen molar-refractivity contribution in [2.75, 3.05) is 19.4 Å². The average Bonchev–Trinajstić information content (AvgIpc) is 3.52. The third-order valence-corrected chi connectivity index (χ3v) is 5.20. The Morgan fingerprint density at radius 2 is 1.93 bits per heavy atom. The fraction of sp³-hybridized carbons (Fsp3) is 0.318. The molecule has 0 saturated heterocycles. The van der Waals surface area contributed by atoms with Gasteiger partial charge in [-0.3, -0.25) is 4.79 Å². The summed E-state index contributed by atoms with van der Waals surface area (Å²) in [5, 5.41) is 13.2. The molecule has 0 spiro atoms. The molecule has 0 radical (unpaired) electrons. The molecule has 5 nitrogen and oxygen atoms in total. The minimum Gasteiger partial charge on any atom is -0.380 e. The van der Waals surface area contributed by atoms with Crippen LogP contribution in [0, 0.1) is 5.92 Å². The highest BCUT2D eigenvalue weighted by molar-refractivity contribution is 5.96. The molecule has 1 unspecified atom stereocenters. The lowest BCUT2D eigenvalue weighted by atomic mass is 10.0. The maximum Gasteiger partial charge on any atom is 0.253 e. The Morgan fingerprint density at radius 1 is 1.15 bits per heavy atom. The number of benzene rings is 2. The number of nitrogens with one attached hydrogen (secondary N) is 1. The third-order valence-electron chi connectivity index (χ3n) is 5.20. The van der Waals surface area contributed by atoms with E-state index in [4.69, 9.17) is 0 Å². The summed E-state index contributed by atoms with van der Waals surface area (Å²) >= 11 is 0. The van der Waals surface area contributed by atoms with Crippen molar-refractivity contribution in [3.05, 3.63) is 54.2 Å².